The van der Waals surface area contributed by atoms with E-state index in [9.17, 15) is 9.90 Å². The quantitative estimate of drug-likeness (QED) is 0.693. The van der Waals surface area contributed by atoms with Crippen LogP contribution in [0.3, 0.4) is 0 Å². The predicted octanol–water partition coefficient (Wildman–Crippen LogP) is 3.64. The number of fused-ring (bicyclic) bond motifs is 1. The number of aryl methyl sites for hydroxylation is 1. The van der Waals surface area contributed by atoms with Crippen LogP contribution in [-0.4, -0.2) is 20.6 Å². The normalized spacial score (nSPS) is 10.9. The van der Waals surface area contributed by atoms with Crippen LogP contribution < -0.4 is 0 Å². The molecule has 0 fully saturated rings. The first-order valence-corrected chi connectivity index (χ1v) is 7.13. The Hall–Kier alpha value is -1.89. The molecule has 4 nitrogen and oxygen atoms in total. The summed E-state index contributed by atoms with van der Waals surface area (Å²) in [6.45, 7) is 1.88. The molecule has 0 atom stereocenters. The number of para-hydroxylation sites is 2. The second kappa shape index (κ2) is 4.90. The molecule has 0 aliphatic carbocycles. The lowest BCUT2D eigenvalue weighted by Gasteiger charge is -2.10. The highest BCUT2D eigenvalue weighted by Gasteiger charge is 2.17. The topological polar surface area (TPSA) is 55.1 Å². The third-order valence-electron chi connectivity index (χ3n) is 3.17. The van der Waals surface area contributed by atoms with Crippen LogP contribution in [0.1, 0.15) is 16.2 Å². The lowest BCUT2D eigenvalue weighted by atomic mass is 10.2. The molecule has 0 spiro atoms. The van der Waals surface area contributed by atoms with Crippen LogP contribution in [-0.2, 0) is 0 Å². The molecule has 0 bridgehead atoms. The van der Waals surface area contributed by atoms with Crippen LogP contribution in [0.2, 0.25) is 0 Å². The minimum absolute atomic E-state index is 0.266. The van der Waals surface area contributed by atoms with Crippen LogP contribution in [0.4, 0.5) is 0 Å². The lowest BCUT2D eigenvalue weighted by Crippen LogP contribution is -2.04. The van der Waals surface area contributed by atoms with Gasteiger partial charge in [-0.05, 0) is 53.8 Å². The van der Waals surface area contributed by atoms with Crippen LogP contribution in [0, 0.1) is 10.5 Å². The Labute approximate surface area is 129 Å². The Bertz CT molecular complexity index is 824. The number of hydrogen-bond acceptors (Lipinski definition) is 2. The molecule has 2 aromatic carbocycles. The van der Waals surface area contributed by atoms with E-state index < -0.39 is 5.97 Å². The fraction of sp³-hybridized carbons (Fsp3) is 0.0667. The summed E-state index contributed by atoms with van der Waals surface area (Å²) in [5, 5.41) is 9.39. The van der Waals surface area contributed by atoms with Crippen LogP contribution in [0.15, 0.2) is 42.5 Å². The van der Waals surface area contributed by atoms with Crippen LogP contribution in [0.25, 0.3) is 16.7 Å². The summed E-state index contributed by atoms with van der Waals surface area (Å²) < 4.78 is 2.95. The first-order chi connectivity index (χ1) is 9.59. The zero-order valence-electron chi connectivity index (χ0n) is 10.7. The fourth-order valence-electron chi connectivity index (χ4n) is 2.34. The number of halogens is 1. The Morgan fingerprint density at radius 1 is 1.20 bits per heavy atom. The number of rotatable bonds is 2. The number of hydrogen-bond donors (Lipinski definition) is 1. The zero-order valence-corrected chi connectivity index (χ0v) is 12.8. The second-order valence-corrected chi connectivity index (χ2v) is 5.59. The van der Waals surface area contributed by atoms with Gasteiger partial charge in [0.25, 0.3) is 0 Å². The van der Waals surface area contributed by atoms with Crippen molar-refractivity contribution in [3.05, 3.63) is 57.4 Å². The summed E-state index contributed by atoms with van der Waals surface area (Å²) in [6.07, 6.45) is 0. The van der Waals surface area contributed by atoms with Crippen molar-refractivity contribution in [1.82, 2.24) is 9.55 Å². The largest absolute Gasteiger partial charge is 0.478 e. The van der Waals surface area contributed by atoms with Crippen molar-refractivity contribution >= 4 is 39.6 Å². The summed E-state index contributed by atoms with van der Waals surface area (Å²) in [7, 11) is 0. The molecule has 0 aliphatic heterocycles. The maximum Gasteiger partial charge on any atom is 0.337 e. The third kappa shape index (κ3) is 1.98. The standard InChI is InChI=1S/C15H11IN2O2/c1-9-17-12-7-4-5-10(15(19)20)14(12)18(9)13-8-3-2-6-11(13)16/h2-8H,1H3,(H,19,20). The van der Waals surface area contributed by atoms with E-state index in [2.05, 4.69) is 27.6 Å². The van der Waals surface area contributed by atoms with Gasteiger partial charge in [-0.2, -0.15) is 0 Å². The van der Waals surface area contributed by atoms with Gasteiger partial charge in [0.2, 0.25) is 0 Å². The van der Waals surface area contributed by atoms with Crippen molar-refractivity contribution in [2.24, 2.45) is 0 Å². The zero-order chi connectivity index (χ0) is 14.3. The number of imidazole rings is 1. The van der Waals surface area contributed by atoms with Crippen molar-refractivity contribution in [3.63, 3.8) is 0 Å². The number of carbonyl (C=O) groups is 1. The monoisotopic (exact) mass is 378 g/mol. The summed E-state index contributed by atoms with van der Waals surface area (Å²) in [4.78, 5) is 15.9. The molecule has 0 aliphatic rings. The van der Waals surface area contributed by atoms with Gasteiger partial charge in [0, 0.05) is 3.57 Å². The van der Waals surface area contributed by atoms with E-state index in [1.807, 2.05) is 41.8 Å². The predicted molar refractivity (Wildman–Crippen MR) is 85.5 cm³/mol. The van der Waals surface area contributed by atoms with Crippen molar-refractivity contribution in [3.8, 4) is 5.69 Å². The van der Waals surface area contributed by atoms with Crippen LogP contribution >= 0.6 is 22.6 Å². The van der Waals surface area contributed by atoms with Crippen LogP contribution in [0.5, 0.6) is 0 Å². The maximum atomic E-state index is 11.4. The van der Waals surface area contributed by atoms with Gasteiger partial charge in [-0.15, -0.1) is 0 Å². The fourth-order valence-corrected chi connectivity index (χ4v) is 2.97. The van der Waals surface area contributed by atoms with E-state index in [-0.39, 0.29) is 5.56 Å². The molecule has 0 saturated carbocycles. The highest BCUT2D eigenvalue weighted by molar-refractivity contribution is 14.1. The summed E-state index contributed by atoms with van der Waals surface area (Å²) in [5.74, 6) is -0.166. The number of aromatic nitrogens is 2. The van der Waals surface area contributed by atoms with Gasteiger partial charge in [0.05, 0.1) is 22.3 Å². The first kappa shape index (κ1) is 13.1. The van der Waals surface area contributed by atoms with Crippen molar-refractivity contribution in [1.29, 1.82) is 0 Å². The molecule has 100 valence electrons. The molecule has 1 N–H and O–H groups in total. The van der Waals surface area contributed by atoms with E-state index in [4.69, 9.17) is 0 Å². The van der Waals surface area contributed by atoms with E-state index >= 15 is 0 Å². The molecule has 0 saturated heterocycles. The van der Waals surface area contributed by atoms with E-state index in [1.165, 1.54) is 0 Å². The van der Waals surface area contributed by atoms with Gasteiger partial charge in [0.15, 0.2) is 0 Å². The highest BCUT2D eigenvalue weighted by Crippen LogP contribution is 2.27. The molecular weight excluding hydrogens is 367 g/mol. The summed E-state index contributed by atoms with van der Waals surface area (Å²) >= 11 is 2.24. The summed E-state index contributed by atoms with van der Waals surface area (Å²) in [5.41, 5.74) is 2.55. The molecule has 1 heterocycles. The lowest BCUT2D eigenvalue weighted by molar-refractivity contribution is 0.0698. The number of carboxylic acids is 1. The first-order valence-electron chi connectivity index (χ1n) is 6.06. The van der Waals surface area contributed by atoms with Gasteiger partial charge in [0.1, 0.15) is 5.82 Å². The van der Waals surface area contributed by atoms with E-state index in [0.717, 1.165) is 15.1 Å². The molecule has 5 heteroatoms. The molecule has 3 rings (SSSR count). The van der Waals surface area contributed by atoms with Gasteiger partial charge < -0.3 is 5.11 Å². The van der Waals surface area contributed by atoms with Gasteiger partial charge >= 0.3 is 5.97 Å². The van der Waals surface area contributed by atoms with E-state index in [0.29, 0.717) is 11.0 Å². The average molecular weight is 378 g/mol. The van der Waals surface area contributed by atoms with Crippen molar-refractivity contribution in [2.45, 2.75) is 6.92 Å². The number of nitrogens with zero attached hydrogens (tertiary/aromatic N) is 2. The molecular formula is C15H11IN2O2. The van der Waals surface area contributed by atoms with Gasteiger partial charge in [-0.1, -0.05) is 18.2 Å². The summed E-state index contributed by atoms with van der Waals surface area (Å²) in [6, 6.07) is 13.0. The Morgan fingerprint density at radius 2 is 1.95 bits per heavy atom. The van der Waals surface area contributed by atoms with Gasteiger partial charge in [-0.25, -0.2) is 9.78 Å². The number of benzene rings is 2. The average Bonchev–Trinajstić information content (AvgIpc) is 2.75. The van der Waals surface area contributed by atoms with Crippen molar-refractivity contribution < 1.29 is 9.90 Å². The molecule has 1 aromatic heterocycles. The third-order valence-corrected chi connectivity index (χ3v) is 4.08. The molecule has 3 aromatic rings. The number of carboxylic acid groups (broad SMARTS) is 1. The smallest absolute Gasteiger partial charge is 0.337 e. The van der Waals surface area contributed by atoms with Crippen molar-refractivity contribution in [2.75, 3.05) is 0 Å². The minimum atomic E-state index is -0.942. The molecule has 20 heavy (non-hydrogen) atoms. The second-order valence-electron chi connectivity index (χ2n) is 4.42. The Kier molecular flexibility index (Phi) is 3.21. The highest BCUT2D eigenvalue weighted by atomic mass is 127. The minimum Gasteiger partial charge on any atom is -0.478 e. The molecule has 0 amide bonds. The van der Waals surface area contributed by atoms with Gasteiger partial charge in [-0.3, -0.25) is 4.57 Å². The number of aromatic carboxylic acids is 1. The Morgan fingerprint density at radius 3 is 2.65 bits per heavy atom. The Balaban J connectivity index is 2.44. The van der Waals surface area contributed by atoms with E-state index in [1.54, 1.807) is 12.1 Å². The maximum absolute atomic E-state index is 11.4. The molecule has 0 unspecified atom stereocenters. The SMILES string of the molecule is Cc1nc2cccc(C(=O)O)c2n1-c1ccccc1I. The molecule has 0 radical (unpaired) electrons.